The lowest BCUT2D eigenvalue weighted by Gasteiger charge is -2.19. The third-order valence-corrected chi connectivity index (χ3v) is 3.10. The molecule has 0 saturated carbocycles. The molecule has 0 heterocycles. The SMILES string of the molecule is CCNCc1cc(Br)cc(C)c1OCC(O)C(F)(F)F. The number of nitrogens with one attached hydrogen (secondary N) is 1. The molecule has 1 aromatic carbocycles. The fraction of sp³-hybridized carbons (Fsp3) is 0.538. The van der Waals surface area contributed by atoms with Gasteiger partial charge >= 0.3 is 6.18 Å². The topological polar surface area (TPSA) is 41.5 Å². The van der Waals surface area contributed by atoms with Crippen LogP contribution in [0, 0.1) is 6.92 Å². The molecule has 0 aliphatic heterocycles. The summed E-state index contributed by atoms with van der Waals surface area (Å²) in [6, 6.07) is 3.54. The van der Waals surface area contributed by atoms with E-state index in [9.17, 15) is 13.2 Å². The predicted molar refractivity (Wildman–Crippen MR) is 73.8 cm³/mol. The van der Waals surface area contributed by atoms with Gasteiger partial charge in [0.05, 0.1) is 0 Å². The Morgan fingerprint density at radius 3 is 2.60 bits per heavy atom. The van der Waals surface area contributed by atoms with Crippen LogP contribution in [0.1, 0.15) is 18.1 Å². The fourth-order valence-corrected chi connectivity index (χ4v) is 2.27. The number of rotatable bonds is 6. The average molecular weight is 356 g/mol. The zero-order valence-corrected chi connectivity index (χ0v) is 12.8. The molecule has 1 unspecified atom stereocenters. The minimum atomic E-state index is -4.68. The number of alkyl halides is 3. The largest absolute Gasteiger partial charge is 0.490 e. The molecule has 0 radical (unpaired) electrons. The summed E-state index contributed by atoms with van der Waals surface area (Å²) < 4.78 is 42.8. The van der Waals surface area contributed by atoms with E-state index in [4.69, 9.17) is 9.84 Å². The van der Waals surface area contributed by atoms with Crippen LogP contribution in [0.2, 0.25) is 0 Å². The van der Waals surface area contributed by atoms with Gasteiger partial charge in [0.25, 0.3) is 0 Å². The molecule has 1 aromatic rings. The number of aliphatic hydroxyl groups is 1. The van der Waals surface area contributed by atoms with Crippen LogP contribution in [0.3, 0.4) is 0 Å². The van der Waals surface area contributed by atoms with Gasteiger partial charge in [-0.25, -0.2) is 0 Å². The lowest BCUT2D eigenvalue weighted by Crippen LogP contribution is -2.34. The number of benzene rings is 1. The average Bonchev–Trinajstić information content (AvgIpc) is 2.33. The van der Waals surface area contributed by atoms with Gasteiger partial charge in [0.15, 0.2) is 6.10 Å². The maximum absolute atomic E-state index is 12.3. The normalized spacial score (nSPS) is 13.3. The van der Waals surface area contributed by atoms with Gasteiger partial charge in [-0.05, 0) is 31.2 Å². The Labute approximate surface area is 124 Å². The van der Waals surface area contributed by atoms with Crippen LogP contribution in [0.25, 0.3) is 0 Å². The maximum Gasteiger partial charge on any atom is 0.417 e. The first-order valence-electron chi connectivity index (χ1n) is 6.13. The first-order valence-corrected chi connectivity index (χ1v) is 6.92. The fourth-order valence-electron chi connectivity index (χ4n) is 1.65. The molecule has 0 saturated heterocycles. The minimum Gasteiger partial charge on any atom is -0.490 e. The zero-order chi connectivity index (χ0) is 15.3. The molecule has 0 aromatic heterocycles. The number of aliphatic hydroxyl groups excluding tert-OH is 1. The van der Waals surface area contributed by atoms with Gasteiger partial charge in [-0.3, -0.25) is 0 Å². The van der Waals surface area contributed by atoms with E-state index < -0.39 is 18.9 Å². The highest BCUT2D eigenvalue weighted by atomic mass is 79.9. The second-order valence-corrected chi connectivity index (χ2v) is 5.28. The van der Waals surface area contributed by atoms with E-state index in [1.165, 1.54) is 0 Å². The Kier molecular flexibility index (Phi) is 6.29. The van der Waals surface area contributed by atoms with Crippen LogP contribution in [-0.2, 0) is 6.54 Å². The zero-order valence-electron chi connectivity index (χ0n) is 11.2. The molecule has 0 aliphatic carbocycles. The summed E-state index contributed by atoms with van der Waals surface area (Å²) in [6.45, 7) is 4.07. The van der Waals surface area contributed by atoms with Crippen molar-refractivity contribution in [2.75, 3.05) is 13.2 Å². The molecule has 2 N–H and O–H groups in total. The van der Waals surface area contributed by atoms with E-state index in [0.717, 1.165) is 16.6 Å². The van der Waals surface area contributed by atoms with Crippen LogP contribution in [0.4, 0.5) is 13.2 Å². The molecule has 3 nitrogen and oxygen atoms in total. The Balaban J connectivity index is 2.87. The molecule has 1 atom stereocenters. The first-order chi connectivity index (χ1) is 9.25. The van der Waals surface area contributed by atoms with Crippen LogP contribution >= 0.6 is 15.9 Å². The smallest absolute Gasteiger partial charge is 0.417 e. The third-order valence-electron chi connectivity index (χ3n) is 2.65. The predicted octanol–water partition coefficient (Wildman–Crippen LogP) is 3.17. The van der Waals surface area contributed by atoms with Crippen molar-refractivity contribution in [2.45, 2.75) is 32.7 Å². The van der Waals surface area contributed by atoms with Crippen molar-refractivity contribution in [3.05, 3.63) is 27.7 Å². The van der Waals surface area contributed by atoms with E-state index >= 15 is 0 Å². The molecule has 0 spiro atoms. The summed E-state index contributed by atoms with van der Waals surface area (Å²) >= 11 is 3.34. The summed E-state index contributed by atoms with van der Waals surface area (Å²) in [5.74, 6) is 0.373. The molecule has 0 bridgehead atoms. The molecule has 1 rings (SSSR count). The van der Waals surface area contributed by atoms with E-state index in [2.05, 4.69) is 21.2 Å². The maximum atomic E-state index is 12.3. The number of ether oxygens (including phenoxy) is 1. The van der Waals surface area contributed by atoms with Gasteiger partial charge < -0.3 is 15.2 Å². The number of hydrogen-bond acceptors (Lipinski definition) is 3. The highest BCUT2D eigenvalue weighted by molar-refractivity contribution is 9.10. The van der Waals surface area contributed by atoms with Gasteiger partial charge in [0, 0.05) is 16.6 Å². The molecule has 114 valence electrons. The van der Waals surface area contributed by atoms with Crippen molar-refractivity contribution in [2.24, 2.45) is 0 Å². The lowest BCUT2D eigenvalue weighted by molar-refractivity contribution is -0.210. The van der Waals surface area contributed by atoms with Gasteiger partial charge in [-0.15, -0.1) is 0 Å². The van der Waals surface area contributed by atoms with Crippen molar-refractivity contribution < 1.29 is 23.0 Å². The number of halogens is 4. The molecule has 0 amide bonds. The molecule has 7 heteroatoms. The van der Waals surface area contributed by atoms with E-state index in [-0.39, 0.29) is 0 Å². The molecular weight excluding hydrogens is 339 g/mol. The lowest BCUT2D eigenvalue weighted by atomic mass is 10.1. The Hall–Kier alpha value is -0.790. The minimum absolute atomic E-state index is 0.373. The van der Waals surface area contributed by atoms with E-state index in [1.54, 1.807) is 19.1 Å². The molecular formula is C13H17BrF3NO2. The van der Waals surface area contributed by atoms with Crippen molar-refractivity contribution in [1.82, 2.24) is 5.32 Å². The van der Waals surface area contributed by atoms with E-state index in [0.29, 0.717) is 17.9 Å². The summed E-state index contributed by atoms with van der Waals surface area (Å²) in [4.78, 5) is 0. The van der Waals surface area contributed by atoms with Crippen LogP contribution < -0.4 is 10.1 Å². The van der Waals surface area contributed by atoms with Gasteiger partial charge in [-0.2, -0.15) is 13.2 Å². The highest BCUT2D eigenvalue weighted by Gasteiger charge is 2.38. The van der Waals surface area contributed by atoms with Crippen LogP contribution in [0.15, 0.2) is 16.6 Å². The monoisotopic (exact) mass is 355 g/mol. The summed E-state index contributed by atoms with van der Waals surface area (Å²) in [6.07, 6.45) is -7.16. The van der Waals surface area contributed by atoms with E-state index in [1.807, 2.05) is 6.92 Å². The summed E-state index contributed by atoms with van der Waals surface area (Å²) in [5.41, 5.74) is 1.45. The Bertz CT molecular complexity index is 452. The second-order valence-electron chi connectivity index (χ2n) is 4.36. The van der Waals surface area contributed by atoms with Gasteiger partial charge in [-0.1, -0.05) is 22.9 Å². The quantitative estimate of drug-likeness (QED) is 0.823. The Morgan fingerprint density at radius 2 is 2.05 bits per heavy atom. The van der Waals surface area contributed by atoms with Crippen molar-refractivity contribution >= 4 is 15.9 Å². The second kappa shape index (κ2) is 7.28. The first kappa shape index (κ1) is 17.3. The van der Waals surface area contributed by atoms with Crippen LogP contribution in [0.5, 0.6) is 5.75 Å². The molecule has 0 aliphatic rings. The number of hydrogen-bond donors (Lipinski definition) is 2. The standard InChI is InChI=1S/C13H17BrF3NO2/c1-3-18-6-9-5-10(14)4-8(2)12(9)20-7-11(19)13(15,16)17/h4-5,11,18-19H,3,6-7H2,1-2H3. The molecule has 0 fully saturated rings. The molecule has 20 heavy (non-hydrogen) atoms. The summed E-state index contributed by atoms with van der Waals surface area (Å²) in [7, 11) is 0. The van der Waals surface area contributed by atoms with Crippen LogP contribution in [-0.4, -0.2) is 30.5 Å². The Morgan fingerprint density at radius 1 is 1.40 bits per heavy atom. The van der Waals surface area contributed by atoms with Gasteiger partial charge in [0.1, 0.15) is 12.4 Å². The third kappa shape index (κ3) is 4.96. The van der Waals surface area contributed by atoms with Gasteiger partial charge in [0.2, 0.25) is 0 Å². The van der Waals surface area contributed by atoms with Crippen molar-refractivity contribution in [1.29, 1.82) is 0 Å². The number of aryl methyl sites for hydroxylation is 1. The highest BCUT2D eigenvalue weighted by Crippen LogP contribution is 2.29. The summed E-state index contributed by atoms with van der Waals surface area (Å²) in [5, 5.41) is 12.1. The van der Waals surface area contributed by atoms with Crippen molar-refractivity contribution in [3.8, 4) is 5.75 Å². The van der Waals surface area contributed by atoms with Crippen molar-refractivity contribution in [3.63, 3.8) is 0 Å².